The fraction of sp³-hybridized carbons (Fsp3) is 0.211. The van der Waals surface area contributed by atoms with Crippen LogP contribution in [0.5, 0.6) is 5.75 Å². The summed E-state index contributed by atoms with van der Waals surface area (Å²) in [6.45, 7) is 0.946. The van der Waals surface area contributed by atoms with Gasteiger partial charge in [0.05, 0.1) is 21.2 Å². The Morgan fingerprint density at radius 3 is 2.18 bits per heavy atom. The van der Waals surface area contributed by atoms with Gasteiger partial charge in [-0.15, -0.1) is 0 Å². The molecule has 0 aliphatic carbocycles. The number of carboxylic acids is 1. The van der Waals surface area contributed by atoms with Crippen molar-refractivity contribution in [2.45, 2.75) is 24.9 Å². The molecule has 0 saturated carbocycles. The lowest BCUT2D eigenvalue weighted by Gasteiger charge is -2.17. The quantitative estimate of drug-likeness (QED) is 0.303. The molecule has 1 atom stereocenters. The van der Waals surface area contributed by atoms with Gasteiger partial charge in [-0.3, -0.25) is 9.59 Å². The van der Waals surface area contributed by atoms with E-state index in [9.17, 15) is 41.1 Å². The maximum atomic E-state index is 12.6. The Labute approximate surface area is 195 Å². The molecule has 0 aliphatic rings. The van der Waals surface area contributed by atoms with Crippen LogP contribution in [0.2, 0.25) is 10.0 Å². The zero-order valence-electron chi connectivity index (χ0n) is 16.4. The van der Waals surface area contributed by atoms with Gasteiger partial charge in [0, 0.05) is 6.42 Å². The lowest BCUT2D eigenvalue weighted by Crippen LogP contribution is -2.42. The van der Waals surface area contributed by atoms with Gasteiger partial charge in [-0.05, 0) is 36.8 Å². The fourth-order valence-corrected chi connectivity index (χ4v) is 3.64. The van der Waals surface area contributed by atoms with E-state index in [1.165, 1.54) is 18.2 Å². The zero-order valence-corrected chi connectivity index (χ0v) is 18.8. The maximum absolute atomic E-state index is 12.6. The Bertz CT molecular complexity index is 1200. The van der Waals surface area contributed by atoms with Crippen molar-refractivity contribution in [3.8, 4) is 5.75 Å². The van der Waals surface area contributed by atoms with Crippen molar-refractivity contribution in [3.05, 3.63) is 63.1 Å². The number of hydrogen-bond donors (Lipinski definition) is 2. The lowest BCUT2D eigenvalue weighted by atomic mass is 10.0. The molecule has 0 heterocycles. The Hall–Kier alpha value is -2.83. The first-order valence-corrected chi connectivity index (χ1v) is 10.9. The zero-order chi connectivity index (χ0) is 25.1. The molecule has 0 fully saturated rings. The Morgan fingerprint density at radius 2 is 1.70 bits per heavy atom. The van der Waals surface area contributed by atoms with E-state index >= 15 is 0 Å². The third-order valence-electron chi connectivity index (χ3n) is 4.14. The average Bonchev–Trinajstić information content (AvgIpc) is 2.67. The van der Waals surface area contributed by atoms with Gasteiger partial charge in [0.2, 0.25) is 0 Å². The van der Waals surface area contributed by atoms with E-state index in [0.717, 1.165) is 25.1 Å². The van der Waals surface area contributed by atoms with E-state index in [1.807, 2.05) is 0 Å². The van der Waals surface area contributed by atoms with E-state index < -0.39 is 57.1 Å². The number of rotatable bonds is 8. The van der Waals surface area contributed by atoms with Crippen molar-refractivity contribution in [2.75, 3.05) is 0 Å². The van der Waals surface area contributed by atoms with Gasteiger partial charge in [-0.1, -0.05) is 35.3 Å². The van der Waals surface area contributed by atoms with Crippen LogP contribution in [-0.4, -0.2) is 42.7 Å². The summed E-state index contributed by atoms with van der Waals surface area (Å²) < 4.78 is 64.3. The number of amides is 1. The summed E-state index contributed by atoms with van der Waals surface area (Å²) in [5.41, 5.74) is -6.35. The van der Waals surface area contributed by atoms with Crippen molar-refractivity contribution in [1.29, 1.82) is 0 Å². The molecular formula is C19H14Cl2F3NO7S. The molecule has 0 spiro atoms. The molecule has 0 bridgehead atoms. The fourth-order valence-electron chi connectivity index (χ4n) is 2.60. The van der Waals surface area contributed by atoms with E-state index in [2.05, 4.69) is 9.50 Å². The van der Waals surface area contributed by atoms with Gasteiger partial charge in [-0.25, -0.2) is 4.79 Å². The molecule has 2 N–H and O–H groups in total. The second-order valence-corrected chi connectivity index (χ2v) is 8.89. The van der Waals surface area contributed by atoms with Crippen LogP contribution in [0.15, 0.2) is 36.4 Å². The number of alkyl halides is 3. The Balaban J connectivity index is 2.33. The van der Waals surface area contributed by atoms with Crippen molar-refractivity contribution < 1.29 is 45.3 Å². The molecular weight excluding hydrogens is 514 g/mol. The summed E-state index contributed by atoms with van der Waals surface area (Å²) in [4.78, 5) is 36.0. The number of carbonyl (C=O) groups is 3. The van der Waals surface area contributed by atoms with Crippen LogP contribution < -0.4 is 9.50 Å². The lowest BCUT2D eigenvalue weighted by molar-refractivity contribution is -0.139. The van der Waals surface area contributed by atoms with Crippen molar-refractivity contribution in [2.24, 2.45) is 0 Å². The van der Waals surface area contributed by atoms with Gasteiger partial charge >= 0.3 is 21.6 Å². The summed E-state index contributed by atoms with van der Waals surface area (Å²) in [6.07, 6.45) is -0.421. The summed E-state index contributed by atoms with van der Waals surface area (Å²) in [7, 11) is -6.04. The minimum Gasteiger partial charge on any atom is -0.480 e. The molecule has 0 unspecified atom stereocenters. The monoisotopic (exact) mass is 527 g/mol. The summed E-state index contributed by atoms with van der Waals surface area (Å²) in [5, 5.41) is 11.6. The molecule has 0 aliphatic heterocycles. The summed E-state index contributed by atoms with van der Waals surface area (Å²) >= 11 is 11.9. The third kappa shape index (κ3) is 6.36. The van der Waals surface area contributed by atoms with Crippen LogP contribution in [0.1, 0.15) is 33.2 Å². The highest BCUT2D eigenvalue weighted by molar-refractivity contribution is 7.88. The number of ketones is 1. The molecule has 1 amide bonds. The number of Topliss-reactive ketones (excluding diaryl/α,β-unsaturated/α-hetero) is 1. The number of hydrogen-bond acceptors (Lipinski definition) is 6. The van der Waals surface area contributed by atoms with Crippen LogP contribution >= 0.6 is 23.2 Å². The average molecular weight is 528 g/mol. The molecule has 33 heavy (non-hydrogen) atoms. The number of carbonyl (C=O) groups excluding carboxylic acids is 2. The highest BCUT2D eigenvalue weighted by Crippen LogP contribution is 2.30. The summed E-state index contributed by atoms with van der Waals surface area (Å²) in [5.74, 6) is -4.11. The highest BCUT2D eigenvalue weighted by atomic mass is 35.5. The van der Waals surface area contributed by atoms with E-state index in [-0.39, 0.29) is 21.2 Å². The summed E-state index contributed by atoms with van der Waals surface area (Å²) in [6, 6.07) is 5.45. The molecule has 178 valence electrons. The van der Waals surface area contributed by atoms with Crippen LogP contribution in [-0.2, 0) is 21.3 Å². The molecule has 0 aromatic heterocycles. The molecule has 0 saturated heterocycles. The first-order valence-electron chi connectivity index (χ1n) is 8.76. The first kappa shape index (κ1) is 26.4. The smallest absolute Gasteiger partial charge is 0.480 e. The second-order valence-electron chi connectivity index (χ2n) is 6.53. The first-order chi connectivity index (χ1) is 15.1. The van der Waals surface area contributed by atoms with Crippen LogP contribution in [0.25, 0.3) is 0 Å². The van der Waals surface area contributed by atoms with E-state index in [0.29, 0.717) is 0 Å². The van der Waals surface area contributed by atoms with Gasteiger partial charge < -0.3 is 14.6 Å². The van der Waals surface area contributed by atoms with Crippen molar-refractivity contribution in [3.63, 3.8) is 0 Å². The van der Waals surface area contributed by atoms with Crippen molar-refractivity contribution in [1.82, 2.24) is 5.32 Å². The molecule has 8 nitrogen and oxygen atoms in total. The standard InChI is InChI=1S/C19H14Cl2F3NO7S/c1-9(26)11-7-10(5-6-15(11)32-33(30,31)19(22,23)24)8-14(18(28)29)25-17(27)16-12(20)3-2-4-13(16)21/h2-7,14H,8H2,1H3,(H,25,27)(H,28,29)/t14-/m0/s1. The Morgan fingerprint density at radius 1 is 1.12 bits per heavy atom. The number of carboxylic acid groups (broad SMARTS) is 1. The van der Waals surface area contributed by atoms with Gasteiger partial charge in [-0.2, -0.15) is 21.6 Å². The minimum atomic E-state index is -6.04. The normalized spacial score (nSPS) is 12.7. The van der Waals surface area contributed by atoms with Crippen LogP contribution in [0.4, 0.5) is 13.2 Å². The molecule has 14 heteroatoms. The van der Waals surface area contributed by atoms with Gasteiger partial charge in [0.1, 0.15) is 6.04 Å². The van der Waals surface area contributed by atoms with E-state index in [4.69, 9.17) is 23.2 Å². The maximum Gasteiger partial charge on any atom is 0.534 e. The number of halogens is 5. The second kappa shape index (κ2) is 9.98. The SMILES string of the molecule is CC(=O)c1cc(C[C@H](NC(=O)c2c(Cl)cccc2Cl)C(=O)O)ccc1OS(=O)(=O)C(F)(F)F. The molecule has 0 radical (unpaired) electrons. The largest absolute Gasteiger partial charge is 0.534 e. The topological polar surface area (TPSA) is 127 Å². The number of aliphatic carboxylic acids is 1. The molecule has 2 aromatic rings. The number of benzene rings is 2. The predicted octanol–water partition coefficient (Wildman–Crippen LogP) is 3.85. The minimum absolute atomic E-state index is 0.0321. The van der Waals surface area contributed by atoms with Crippen molar-refractivity contribution >= 4 is 51.0 Å². The third-order valence-corrected chi connectivity index (χ3v) is 5.74. The van der Waals surface area contributed by atoms with Crippen LogP contribution in [0, 0.1) is 0 Å². The number of nitrogens with one attached hydrogen (secondary N) is 1. The van der Waals surface area contributed by atoms with Gasteiger partial charge in [0.25, 0.3) is 5.91 Å². The van der Waals surface area contributed by atoms with Gasteiger partial charge in [0.15, 0.2) is 11.5 Å². The molecule has 2 aromatic carbocycles. The van der Waals surface area contributed by atoms with E-state index in [1.54, 1.807) is 0 Å². The Kier molecular flexibility index (Phi) is 7.99. The highest BCUT2D eigenvalue weighted by Gasteiger charge is 2.49. The molecule has 2 rings (SSSR count). The van der Waals surface area contributed by atoms with Crippen LogP contribution in [0.3, 0.4) is 0 Å². The predicted molar refractivity (Wildman–Crippen MR) is 111 cm³/mol.